The molecule has 0 atom stereocenters. The van der Waals surface area contributed by atoms with Crippen molar-refractivity contribution in [3.8, 4) is 0 Å². The van der Waals surface area contributed by atoms with Crippen molar-refractivity contribution in [2.24, 2.45) is 0 Å². The van der Waals surface area contributed by atoms with Crippen LogP contribution in [0.2, 0.25) is 0 Å². The quantitative estimate of drug-likeness (QED) is 0.579. The summed E-state index contributed by atoms with van der Waals surface area (Å²) in [5.41, 5.74) is 10.1. The van der Waals surface area contributed by atoms with Crippen molar-refractivity contribution >= 4 is 17.2 Å². The molecule has 0 amide bonds. The van der Waals surface area contributed by atoms with Gasteiger partial charge in [0.15, 0.2) is 12.2 Å². The molecule has 2 rings (SSSR count). The minimum Gasteiger partial charge on any atom is -0.394 e. The van der Waals surface area contributed by atoms with Crippen molar-refractivity contribution in [1.82, 2.24) is 9.97 Å². The van der Waals surface area contributed by atoms with Crippen LogP contribution in [-0.4, -0.2) is 34.9 Å². The first-order chi connectivity index (χ1) is 10.1. The van der Waals surface area contributed by atoms with E-state index in [4.69, 9.17) is 15.6 Å². The SMILES string of the molecule is Cc1ncc(C[n+]2csc(CCOCCO)c2C)c(N)n1. The van der Waals surface area contributed by atoms with Crippen molar-refractivity contribution in [2.45, 2.75) is 26.8 Å². The summed E-state index contributed by atoms with van der Waals surface area (Å²) in [5, 5.41) is 8.68. The van der Waals surface area contributed by atoms with Crippen molar-refractivity contribution in [3.63, 3.8) is 0 Å². The summed E-state index contributed by atoms with van der Waals surface area (Å²) in [7, 11) is 0. The zero-order valence-corrected chi connectivity index (χ0v) is 13.2. The van der Waals surface area contributed by atoms with E-state index < -0.39 is 0 Å². The lowest BCUT2D eigenvalue weighted by Crippen LogP contribution is -2.35. The standard InChI is InChI=1S/C14H21N4O2S/c1-10-13(3-5-20-6-4-19)21-9-18(10)8-12-7-16-11(2)17-14(12)15/h7,9,19H,3-6,8H2,1-2H3,(H2,15,16,17)/q+1. The molecule has 2 aromatic rings. The van der Waals surface area contributed by atoms with Gasteiger partial charge in [-0.25, -0.2) is 9.97 Å². The van der Waals surface area contributed by atoms with E-state index >= 15 is 0 Å². The fourth-order valence-corrected chi connectivity index (χ4v) is 2.97. The molecular weight excluding hydrogens is 288 g/mol. The molecule has 114 valence electrons. The van der Waals surface area contributed by atoms with Gasteiger partial charge in [0, 0.05) is 19.5 Å². The summed E-state index contributed by atoms with van der Waals surface area (Å²) in [4.78, 5) is 9.66. The molecule has 0 radical (unpaired) electrons. The van der Waals surface area contributed by atoms with Crippen LogP contribution < -0.4 is 10.3 Å². The highest BCUT2D eigenvalue weighted by molar-refractivity contribution is 7.09. The lowest BCUT2D eigenvalue weighted by molar-refractivity contribution is -0.689. The zero-order valence-electron chi connectivity index (χ0n) is 12.4. The van der Waals surface area contributed by atoms with Crippen LogP contribution in [0.3, 0.4) is 0 Å². The monoisotopic (exact) mass is 309 g/mol. The summed E-state index contributed by atoms with van der Waals surface area (Å²) < 4.78 is 7.46. The Hall–Kier alpha value is -1.57. The largest absolute Gasteiger partial charge is 0.394 e. The maximum Gasteiger partial charge on any atom is 0.225 e. The molecule has 0 saturated carbocycles. The molecule has 2 heterocycles. The molecule has 7 heteroatoms. The van der Waals surface area contributed by atoms with Crippen molar-refractivity contribution in [1.29, 1.82) is 0 Å². The number of nitrogen functional groups attached to an aromatic ring is 1. The molecule has 0 aliphatic rings. The summed E-state index contributed by atoms with van der Waals surface area (Å²) in [5.74, 6) is 1.22. The van der Waals surface area contributed by atoms with Crippen LogP contribution in [0.25, 0.3) is 0 Å². The first-order valence-corrected chi connectivity index (χ1v) is 7.72. The maximum absolute atomic E-state index is 8.68. The number of rotatable bonds is 7. The summed E-state index contributed by atoms with van der Waals surface area (Å²) in [6.07, 6.45) is 2.63. The molecule has 0 aliphatic carbocycles. The predicted octanol–water partition coefficient (Wildman–Crippen LogP) is 0.624. The lowest BCUT2D eigenvalue weighted by atomic mass is 10.2. The number of hydrogen-bond donors (Lipinski definition) is 2. The van der Waals surface area contributed by atoms with Crippen LogP contribution in [-0.2, 0) is 17.7 Å². The van der Waals surface area contributed by atoms with E-state index in [0.717, 1.165) is 12.0 Å². The van der Waals surface area contributed by atoms with Gasteiger partial charge in [0.25, 0.3) is 0 Å². The molecule has 2 aromatic heterocycles. The number of aliphatic hydroxyl groups excluding tert-OH is 1. The summed E-state index contributed by atoms with van der Waals surface area (Å²) >= 11 is 1.70. The Morgan fingerprint density at radius 1 is 1.38 bits per heavy atom. The number of ether oxygens (including phenoxy) is 1. The Kier molecular flexibility index (Phi) is 5.60. The Balaban J connectivity index is 2.02. The first kappa shape index (κ1) is 15.8. The molecule has 0 unspecified atom stereocenters. The van der Waals surface area contributed by atoms with E-state index in [1.54, 1.807) is 17.5 Å². The Bertz CT molecular complexity index is 601. The van der Waals surface area contributed by atoms with Gasteiger partial charge >= 0.3 is 0 Å². The second-order valence-electron chi connectivity index (χ2n) is 4.77. The average molecular weight is 309 g/mol. The number of aromatic nitrogens is 3. The third kappa shape index (κ3) is 4.20. The fraction of sp³-hybridized carbons (Fsp3) is 0.500. The highest BCUT2D eigenvalue weighted by Crippen LogP contribution is 2.14. The molecule has 0 aromatic carbocycles. The van der Waals surface area contributed by atoms with Gasteiger partial charge in [0.1, 0.15) is 11.6 Å². The summed E-state index contributed by atoms with van der Waals surface area (Å²) in [6.45, 7) is 5.66. The molecule has 0 fully saturated rings. The number of thiazole rings is 1. The number of nitrogens with two attached hydrogens (primary N) is 1. The van der Waals surface area contributed by atoms with Gasteiger partial charge in [-0.3, -0.25) is 0 Å². The van der Waals surface area contributed by atoms with Gasteiger partial charge in [-0.15, -0.1) is 0 Å². The first-order valence-electron chi connectivity index (χ1n) is 6.84. The van der Waals surface area contributed by atoms with Gasteiger partial charge in [-0.2, -0.15) is 4.57 Å². The van der Waals surface area contributed by atoms with E-state index in [-0.39, 0.29) is 6.61 Å². The van der Waals surface area contributed by atoms with Crippen molar-refractivity contribution in [3.05, 3.63) is 33.7 Å². The number of aryl methyl sites for hydroxylation is 1. The molecule has 21 heavy (non-hydrogen) atoms. The number of aliphatic hydroxyl groups is 1. The van der Waals surface area contributed by atoms with Crippen LogP contribution in [0.15, 0.2) is 11.7 Å². The smallest absolute Gasteiger partial charge is 0.225 e. The van der Waals surface area contributed by atoms with E-state index in [2.05, 4.69) is 27.0 Å². The normalized spacial score (nSPS) is 11.0. The van der Waals surface area contributed by atoms with Gasteiger partial charge in [0.05, 0.1) is 30.3 Å². The van der Waals surface area contributed by atoms with Crippen LogP contribution in [0.5, 0.6) is 0 Å². The van der Waals surface area contributed by atoms with E-state index in [1.165, 1.54) is 10.6 Å². The fourth-order valence-electron chi connectivity index (χ4n) is 2.00. The van der Waals surface area contributed by atoms with Crippen LogP contribution >= 0.6 is 11.3 Å². The van der Waals surface area contributed by atoms with Gasteiger partial charge in [0.2, 0.25) is 5.51 Å². The molecule has 0 spiro atoms. The Morgan fingerprint density at radius 3 is 2.90 bits per heavy atom. The van der Waals surface area contributed by atoms with Crippen LogP contribution in [0, 0.1) is 13.8 Å². The molecule has 6 nitrogen and oxygen atoms in total. The van der Waals surface area contributed by atoms with E-state index in [1.807, 2.05) is 6.92 Å². The number of hydrogen-bond acceptors (Lipinski definition) is 6. The second-order valence-corrected chi connectivity index (χ2v) is 5.71. The summed E-state index contributed by atoms with van der Waals surface area (Å²) in [6, 6.07) is 0. The molecular formula is C14H21N4O2S+. The third-order valence-corrected chi connectivity index (χ3v) is 4.37. The van der Waals surface area contributed by atoms with Crippen LogP contribution in [0.1, 0.15) is 22.0 Å². The number of nitrogens with zero attached hydrogens (tertiary/aromatic N) is 3. The third-order valence-electron chi connectivity index (χ3n) is 3.22. The Morgan fingerprint density at radius 2 is 2.19 bits per heavy atom. The van der Waals surface area contributed by atoms with Crippen molar-refractivity contribution in [2.75, 3.05) is 25.6 Å². The van der Waals surface area contributed by atoms with E-state index in [9.17, 15) is 0 Å². The molecule has 3 N–H and O–H groups in total. The topological polar surface area (TPSA) is 85.1 Å². The van der Waals surface area contributed by atoms with E-state index in [0.29, 0.717) is 31.4 Å². The highest BCUT2D eigenvalue weighted by Gasteiger charge is 2.17. The Labute approximate surface area is 128 Å². The predicted molar refractivity (Wildman–Crippen MR) is 81.1 cm³/mol. The number of anilines is 1. The van der Waals surface area contributed by atoms with Gasteiger partial charge in [-0.05, 0) is 6.92 Å². The van der Waals surface area contributed by atoms with Gasteiger partial charge in [-0.1, -0.05) is 11.3 Å². The maximum atomic E-state index is 8.68. The zero-order chi connectivity index (χ0) is 15.2. The van der Waals surface area contributed by atoms with Gasteiger partial charge < -0.3 is 15.6 Å². The van der Waals surface area contributed by atoms with Crippen LogP contribution in [0.4, 0.5) is 5.82 Å². The second kappa shape index (κ2) is 7.44. The average Bonchev–Trinajstić information content (AvgIpc) is 2.79. The lowest BCUT2D eigenvalue weighted by Gasteiger charge is -2.02. The van der Waals surface area contributed by atoms with Crippen molar-refractivity contribution < 1.29 is 14.4 Å². The molecule has 0 saturated heterocycles. The minimum atomic E-state index is 0.0656. The molecule has 0 bridgehead atoms. The minimum absolute atomic E-state index is 0.0656. The highest BCUT2D eigenvalue weighted by atomic mass is 32.1. The molecule has 0 aliphatic heterocycles.